The zero-order valence-corrected chi connectivity index (χ0v) is 16.4. The van der Waals surface area contributed by atoms with Gasteiger partial charge in [0, 0.05) is 25.7 Å². The maximum Gasteiger partial charge on any atom is 0.330 e. The van der Waals surface area contributed by atoms with Gasteiger partial charge in [-0.05, 0) is 38.0 Å². The molecule has 0 bridgehead atoms. The lowest BCUT2D eigenvalue weighted by molar-refractivity contribution is -0.896. The summed E-state index contributed by atoms with van der Waals surface area (Å²) in [6.45, 7) is 7.99. The fraction of sp³-hybridized carbons (Fsp3) is 0.500. The number of urea groups is 1. The van der Waals surface area contributed by atoms with E-state index in [0.717, 1.165) is 36.5 Å². The molecule has 4 amide bonds. The molecular weight excluding hydrogens is 363 g/mol. The predicted octanol–water partition coefficient (Wildman–Crippen LogP) is 0.448. The summed E-state index contributed by atoms with van der Waals surface area (Å²) in [5.41, 5.74) is 0.794. The van der Waals surface area contributed by atoms with Crippen molar-refractivity contribution in [1.82, 2.24) is 10.2 Å². The fourth-order valence-corrected chi connectivity index (χ4v) is 3.07. The second-order valence-corrected chi connectivity index (χ2v) is 6.75. The second kappa shape index (κ2) is 10.7. The summed E-state index contributed by atoms with van der Waals surface area (Å²) in [4.78, 5) is 43.3. The Balaban J connectivity index is 1.91. The number of quaternary nitrogens is 1. The number of amides is 4. The van der Waals surface area contributed by atoms with Crippen molar-refractivity contribution >= 4 is 24.1 Å². The van der Waals surface area contributed by atoms with Crippen LogP contribution < -0.4 is 10.2 Å². The molecule has 28 heavy (non-hydrogen) atoms. The monoisotopic (exact) mass is 391 g/mol. The van der Waals surface area contributed by atoms with Gasteiger partial charge in [0.05, 0.1) is 19.6 Å². The van der Waals surface area contributed by atoms with E-state index in [1.165, 1.54) is 23.2 Å². The molecule has 1 aromatic rings. The highest BCUT2D eigenvalue weighted by molar-refractivity contribution is 6.23. The zero-order valence-electron chi connectivity index (χ0n) is 16.4. The van der Waals surface area contributed by atoms with Crippen LogP contribution in [-0.4, -0.2) is 61.7 Å². The maximum atomic E-state index is 13.0. The van der Waals surface area contributed by atoms with Gasteiger partial charge in [-0.25, -0.2) is 9.18 Å². The number of aliphatic imine (C=N–C) groups is 1. The van der Waals surface area contributed by atoms with E-state index in [1.54, 1.807) is 12.1 Å². The number of rotatable bonds is 10. The molecule has 0 aliphatic carbocycles. The van der Waals surface area contributed by atoms with E-state index >= 15 is 0 Å². The molecule has 1 aromatic carbocycles. The molecule has 1 atom stereocenters. The molecular formula is C20H28FN4O3+. The second-order valence-electron chi connectivity index (χ2n) is 6.75. The van der Waals surface area contributed by atoms with E-state index in [9.17, 15) is 18.8 Å². The highest BCUT2D eigenvalue weighted by Crippen LogP contribution is 2.11. The number of benzene rings is 1. The Morgan fingerprint density at radius 2 is 1.86 bits per heavy atom. The van der Waals surface area contributed by atoms with Crippen molar-refractivity contribution in [3.63, 3.8) is 0 Å². The largest absolute Gasteiger partial charge is 0.335 e. The number of halogens is 1. The Bertz CT molecular complexity index is 717. The summed E-state index contributed by atoms with van der Waals surface area (Å²) in [5.74, 6) is -2.66. The van der Waals surface area contributed by atoms with Crippen LogP contribution in [0.3, 0.4) is 0 Å². The molecule has 152 valence electrons. The lowest BCUT2D eigenvalue weighted by Crippen LogP contribution is -3.11. The van der Waals surface area contributed by atoms with Crippen LogP contribution in [0.2, 0.25) is 0 Å². The van der Waals surface area contributed by atoms with Gasteiger partial charge in [-0.15, -0.1) is 0 Å². The Morgan fingerprint density at radius 3 is 2.50 bits per heavy atom. The predicted molar refractivity (Wildman–Crippen MR) is 104 cm³/mol. The van der Waals surface area contributed by atoms with Crippen molar-refractivity contribution in [3.05, 3.63) is 35.6 Å². The Hall–Kier alpha value is -2.61. The number of imide groups is 2. The van der Waals surface area contributed by atoms with Gasteiger partial charge in [0.2, 0.25) is 11.8 Å². The van der Waals surface area contributed by atoms with Crippen LogP contribution >= 0.6 is 0 Å². The molecule has 1 saturated heterocycles. The fourth-order valence-electron chi connectivity index (χ4n) is 3.07. The summed E-state index contributed by atoms with van der Waals surface area (Å²) in [6.07, 6.45) is 2.58. The van der Waals surface area contributed by atoms with Crippen molar-refractivity contribution in [2.75, 3.05) is 32.7 Å². The first-order valence-electron chi connectivity index (χ1n) is 9.70. The molecule has 1 aliphatic heterocycles. The zero-order chi connectivity index (χ0) is 20.5. The molecule has 7 nitrogen and oxygen atoms in total. The topological polar surface area (TPSA) is 83.3 Å². The Kier molecular flexibility index (Phi) is 8.25. The third-order valence-electron chi connectivity index (χ3n) is 4.90. The summed E-state index contributed by atoms with van der Waals surface area (Å²) >= 11 is 0. The van der Waals surface area contributed by atoms with E-state index in [4.69, 9.17) is 0 Å². The van der Waals surface area contributed by atoms with Gasteiger partial charge < -0.3 is 4.90 Å². The van der Waals surface area contributed by atoms with Crippen LogP contribution in [0.25, 0.3) is 0 Å². The van der Waals surface area contributed by atoms with E-state index in [2.05, 4.69) is 24.2 Å². The van der Waals surface area contributed by atoms with Crippen LogP contribution in [0.1, 0.15) is 25.8 Å². The SMILES string of the molecule is CC[NH+](CC)CCCN=CC1C(=O)NC(=O)N(CCc2ccc(F)cc2)C1=O. The number of nitrogens with zero attached hydrogens (tertiary/aromatic N) is 2. The van der Waals surface area contributed by atoms with Gasteiger partial charge in [-0.2, -0.15) is 0 Å². The van der Waals surface area contributed by atoms with Crippen LogP contribution in [0.5, 0.6) is 0 Å². The molecule has 1 fully saturated rings. The van der Waals surface area contributed by atoms with Crippen molar-refractivity contribution in [2.45, 2.75) is 26.7 Å². The standard InChI is InChI=1S/C20H27FN4O3/c1-3-24(4-2)12-5-11-22-14-17-18(26)23-20(28)25(19(17)27)13-10-15-6-8-16(21)9-7-15/h6-9,14,17H,3-5,10-13H2,1-2H3,(H,23,26,28)/p+1. The molecule has 8 heteroatoms. The average Bonchev–Trinajstić information content (AvgIpc) is 2.68. The number of carbonyl (C=O) groups excluding carboxylic acids is 3. The summed E-state index contributed by atoms with van der Waals surface area (Å²) in [6, 6.07) is 5.12. The molecule has 1 unspecified atom stereocenters. The maximum absolute atomic E-state index is 13.0. The number of hydrogen-bond donors (Lipinski definition) is 2. The number of barbiturate groups is 1. The highest BCUT2D eigenvalue weighted by Gasteiger charge is 2.39. The van der Waals surface area contributed by atoms with E-state index in [0.29, 0.717) is 13.0 Å². The molecule has 0 aromatic heterocycles. The number of hydrogen-bond acceptors (Lipinski definition) is 4. The molecule has 0 spiro atoms. The smallest absolute Gasteiger partial charge is 0.330 e. The molecule has 1 aliphatic rings. The molecule has 1 heterocycles. The summed E-state index contributed by atoms with van der Waals surface area (Å²) < 4.78 is 13.0. The first kappa shape index (κ1) is 21.7. The summed E-state index contributed by atoms with van der Waals surface area (Å²) in [5, 5.41) is 2.20. The summed E-state index contributed by atoms with van der Waals surface area (Å²) in [7, 11) is 0. The molecule has 2 N–H and O–H groups in total. The van der Waals surface area contributed by atoms with Gasteiger partial charge >= 0.3 is 6.03 Å². The van der Waals surface area contributed by atoms with Crippen molar-refractivity contribution in [1.29, 1.82) is 0 Å². The van der Waals surface area contributed by atoms with Crippen molar-refractivity contribution in [2.24, 2.45) is 10.9 Å². The highest BCUT2D eigenvalue weighted by atomic mass is 19.1. The van der Waals surface area contributed by atoms with Crippen molar-refractivity contribution in [3.8, 4) is 0 Å². The third-order valence-corrected chi connectivity index (χ3v) is 4.90. The quantitative estimate of drug-likeness (QED) is 0.345. The molecule has 0 saturated carbocycles. The van der Waals surface area contributed by atoms with Gasteiger partial charge in [0.25, 0.3) is 0 Å². The van der Waals surface area contributed by atoms with Crippen LogP contribution in [-0.2, 0) is 16.0 Å². The van der Waals surface area contributed by atoms with E-state index < -0.39 is 23.8 Å². The van der Waals surface area contributed by atoms with E-state index in [-0.39, 0.29) is 12.4 Å². The van der Waals surface area contributed by atoms with Gasteiger partial charge in [-0.3, -0.25) is 24.8 Å². The van der Waals surface area contributed by atoms with Crippen LogP contribution in [0, 0.1) is 11.7 Å². The van der Waals surface area contributed by atoms with E-state index in [1.807, 2.05) is 0 Å². The first-order chi connectivity index (χ1) is 13.5. The minimum Gasteiger partial charge on any atom is -0.335 e. The number of carbonyl (C=O) groups is 3. The lowest BCUT2D eigenvalue weighted by Gasteiger charge is -2.28. The van der Waals surface area contributed by atoms with Crippen LogP contribution in [0.4, 0.5) is 9.18 Å². The molecule has 0 radical (unpaired) electrons. The van der Waals surface area contributed by atoms with Gasteiger partial charge in [0.1, 0.15) is 5.82 Å². The minimum atomic E-state index is -1.09. The minimum absolute atomic E-state index is 0.110. The Morgan fingerprint density at radius 1 is 1.18 bits per heavy atom. The Labute approximate surface area is 164 Å². The number of nitrogens with one attached hydrogen (secondary N) is 2. The van der Waals surface area contributed by atoms with Crippen molar-refractivity contribution < 1.29 is 23.7 Å². The van der Waals surface area contributed by atoms with Gasteiger partial charge in [-0.1, -0.05) is 12.1 Å². The average molecular weight is 391 g/mol. The van der Waals surface area contributed by atoms with Crippen LogP contribution in [0.15, 0.2) is 29.3 Å². The normalized spacial score (nSPS) is 17.6. The third kappa shape index (κ3) is 5.95. The van der Waals surface area contributed by atoms with Gasteiger partial charge in [0.15, 0.2) is 5.92 Å². The lowest BCUT2D eigenvalue weighted by atomic mass is 10.1. The molecule has 2 rings (SSSR count). The first-order valence-corrected chi connectivity index (χ1v) is 9.70.